The van der Waals surface area contributed by atoms with Gasteiger partial charge in [-0.25, -0.2) is 8.42 Å². The summed E-state index contributed by atoms with van der Waals surface area (Å²) < 4.78 is 35.8. The van der Waals surface area contributed by atoms with Crippen molar-refractivity contribution in [2.24, 2.45) is 0 Å². The number of carbonyl (C=O) groups excluding carboxylic acids is 3. The average Bonchev–Trinajstić information content (AvgIpc) is 3.53. The largest absolute Gasteiger partial charge is 0.377 e. The molecule has 4 rings (SSSR count). The first-order valence-corrected chi connectivity index (χ1v) is 15.2. The number of rotatable bonds is 9. The highest BCUT2D eigenvalue weighted by molar-refractivity contribution is 7.89. The number of carbonyl (C=O) groups is 3. The van der Waals surface area contributed by atoms with Crippen LogP contribution in [0.15, 0.2) is 35.2 Å². The summed E-state index contributed by atoms with van der Waals surface area (Å²) in [6.07, 6.45) is 1.49. The number of halogens is 1. The molecule has 0 saturated carbocycles. The Morgan fingerprint density at radius 3 is 2.66 bits per heavy atom. The number of ether oxygens (including phenoxy) is 1. The minimum absolute atomic E-state index is 0.00129. The van der Waals surface area contributed by atoms with Gasteiger partial charge in [-0.05, 0) is 49.6 Å². The van der Waals surface area contributed by atoms with Crippen LogP contribution in [0.5, 0.6) is 0 Å². The molecular formula is C25H31ClN4O6S2. The fourth-order valence-electron chi connectivity index (χ4n) is 4.72. The van der Waals surface area contributed by atoms with Gasteiger partial charge in [-0.15, -0.1) is 11.3 Å². The van der Waals surface area contributed by atoms with Crippen molar-refractivity contribution in [2.75, 3.05) is 37.7 Å². The van der Waals surface area contributed by atoms with Crippen molar-refractivity contribution >= 4 is 56.4 Å². The highest BCUT2D eigenvalue weighted by Gasteiger charge is 2.35. The summed E-state index contributed by atoms with van der Waals surface area (Å²) in [7, 11) is -4.22. The van der Waals surface area contributed by atoms with Crippen LogP contribution in [0.25, 0.3) is 0 Å². The van der Waals surface area contributed by atoms with Crippen LogP contribution in [0.4, 0.5) is 5.69 Å². The summed E-state index contributed by atoms with van der Waals surface area (Å²) in [5.74, 6) is -0.969. The van der Waals surface area contributed by atoms with Crippen LogP contribution in [-0.4, -0.2) is 76.0 Å². The molecule has 0 spiro atoms. The molecule has 2 atom stereocenters. The summed E-state index contributed by atoms with van der Waals surface area (Å²) in [6, 6.07) is 6.44. The lowest BCUT2D eigenvalue weighted by Crippen LogP contribution is -2.58. The Labute approximate surface area is 231 Å². The second-order valence-corrected chi connectivity index (χ2v) is 12.6. The smallest absolute Gasteiger partial charge is 0.261 e. The van der Waals surface area contributed by atoms with Gasteiger partial charge < -0.3 is 19.9 Å². The van der Waals surface area contributed by atoms with Crippen LogP contribution in [0.2, 0.25) is 4.34 Å². The van der Waals surface area contributed by atoms with E-state index in [0.29, 0.717) is 66.0 Å². The molecule has 3 heterocycles. The summed E-state index contributed by atoms with van der Waals surface area (Å²) in [4.78, 5) is 42.1. The fourth-order valence-corrected chi connectivity index (χ4v) is 7.20. The molecule has 0 radical (unpaired) electrons. The molecule has 10 nitrogen and oxygen atoms in total. The minimum atomic E-state index is -4.22. The van der Waals surface area contributed by atoms with Crippen LogP contribution in [0, 0.1) is 0 Å². The van der Waals surface area contributed by atoms with E-state index >= 15 is 0 Å². The molecule has 3 amide bonds. The average molecular weight is 583 g/mol. The molecular weight excluding hydrogens is 552 g/mol. The second-order valence-electron chi connectivity index (χ2n) is 9.20. The van der Waals surface area contributed by atoms with E-state index in [1.54, 1.807) is 34.1 Å². The summed E-state index contributed by atoms with van der Waals surface area (Å²) in [5, 5.41) is 2.67. The number of morpholine rings is 1. The number of hydrogen-bond acceptors (Lipinski definition) is 7. The fraction of sp³-hybridized carbons (Fsp3) is 0.480. The molecule has 0 unspecified atom stereocenters. The predicted octanol–water partition coefficient (Wildman–Crippen LogP) is 2.41. The Balaban J connectivity index is 1.62. The molecule has 13 heteroatoms. The maximum atomic E-state index is 13.7. The lowest BCUT2D eigenvalue weighted by atomic mass is 10.1. The van der Waals surface area contributed by atoms with E-state index in [-0.39, 0.29) is 23.4 Å². The first-order chi connectivity index (χ1) is 18.1. The summed E-state index contributed by atoms with van der Waals surface area (Å²) >= 11 is 7.02. The van der Waals surface area contributed by atoms with E-state index < -0.39 is 27.9 Å². The van der Waals surface area contributed by atoms with Gasteiger partial charge in [-0.1, -0.05) is 24.6 Å². The lowest BCUT2D eigenvalue weighted by molar-refractivity contribution is -0.140. The molecule has 0 bridgehead atoms. The zero-order chi connectivity index (χ0) is 27.4. The van der Waals surface area contributed by atoms with Gasteiger partial charge >= 0.3 is 0 Å². The maximum Gasteiger partial charge on any atom is 0.261 e. The number of thiophene rings is 1. The van der Waals surface area contributed by atoms with Gasteiger partial charge in [-0.2, -0.15) is 4.72 Å². The van der Waals surface area contributed by atoms with Crippen molar-refractivity contribution in [1.82, 2.24) is 14.9 Å². The van der Waals surface area contributed by atoms with E-state index in [1.807, 2.05) is 13.8 Å². The lowest BCUT2D eigenvalue weighted by Gasteiger charge is -2.36. The maximum absolute atomic E-state index is 13.7. The van der Waals surface area contributed by atoms with Gasteiger partial charge in [0.2, 0.25) is 21.8 Å². The Bertz CT molecular complexity index is 1310. The molecule has 2 aromatic rings. The Morgan fingerprint density at radius 2 is 2.03 bits per heavy atom. The summed E-state index contributed by atoms with van der Waals surface area (Å²) in [6.45, 7) is 4.88. The molecule has 206 valence electrons. The van der Waals surface area contributed by atoms with Crippen molar-refractivity contribution in [3.05, 3.63) is 45.1 Å². The molecule has 1 aromatic heterocycles. The van der Waals surface area contributed by atoms with Gasteiger partial charge in [0.1, 0.15) is 6.04 Å². The number of hydrogen-bond donors (Lipinski definition) is 2. The SMILES string of the molecule is CCc1c(N2CCCC2=O)cccc1S(=O)(=O)N[C@@H](CNC(=O)c1ccc(Cl)s1)C(=O)N1CCOC[C@@H]1C. The third kappa shape index (κ3) is 6.20. The quantitative estimate of drug-likeness (QED) is 0.468. The van der Waals surface area contributed by atoms with Gasteiger partial charge in [0.05, 0.1) is 33.4 Å². The van der Waals surface area contributed by atoms with Gasteiger partial charge in [-0.3, -0.25) is 14.4 Å². The van der Waals surface area contributed by atoms with Crippen LogP contribution in [0.1, 0.15) is 41.9 Å². The number of amides is 3. The van der Waals surface area contributed by atoms with Crippen molar-refractivity contribution in [2.45, 2.75) is 50.1 Å². The minimum Gasteiger partial charge on any atom is -0.377 e. The topological polar surface area (TPSA) is 125 Å². The molecule has 38 heavy (non-hydrogen) atoms. The zero-order valence-corrected chi connectivity index (χ0v) is 23.6. The van der Waals surface area contributed by atoms with Gasteiger partial charge in [0.15, 0.2) is 0 Å². The van der Waals surface area contributed by atoms with Crippen molar-refractivity contribution in [3.63, 3.8) is 0 Å². The number of nitrogens with zero attached hydrogens (tertiary/aromatic N) is 2. The number of anilines is 1. The molecule has 2 saturated heterocycles. The first-order valence-electron chi connectivity index (χ1n) is 12.5. The Hall–Kier alpha value is -2.51. The van der Waals surface area contributed by atoms with Crippen molar-refractivity contribution in [3.8, 4) is 0 Å². The molecule has 0 aliphatic carbocycles. The van der Waals surface area contributed by atoms with E-state index in [9.17, 15) is 22.8 Å². The van der Waals surface area contributed by atoms with E-state index in [1.165, 1.54) is 6.07 Å². The molecule has 1 aromatic carbocycles. The number of sulfonamides is 1. The van der Waals surface area contributed by atoms with Crippen molar-refractivity contribution < 1.29 is 27.5 Å². The Morgan fingerprint density at radius 1 is 1.24 bits per heavy atom. The highest BCUT2D eigenvalue weighted by atomic mass is 35.5. The molecule has 2 fully saturated rings. The third-order valence-electron chi connectivity index (χ3n) is 6.63. The number of nitrogens with one attached hydrogen (secondary N) is 2. The van der Waals surface area contributed by atoms with Crippen LogP contribution in [-0.2, 0) is 30.8 Å². The van der Waals surface area contributed by atoms with Gasteiger partial charge in [0, 0.05) is 31.7 Å². The molecule has 2 aliphatic heterocycles. The standard InChI is InChI=1S/C25H31ClN4O6S2/c1-3-17-19(30-11-5-8-23(30)31)6-4-7-21(17)38(34,35)28-18(25(33)29-12-13-36-15-16(29)2)14-27-24(32)20-9-10-22(26)37-20/h4,6-7,9-10,16,18,28H,3,5,8,11-15H2,1-2H3,(H,27,32)/t16-,18-/m0/s1. The monoisotopic (exact) mass is 582 g/mol. The van der Waals surface area contributed by atoms with Crippen molar-refractivity contribution in [1.29, 1.82) is 0 Å². The molecule has 2 aliphatic rings. The number of benzene rings is 1. The van der Waals surface area contributed by atoms with Crippen LogP contribution < -0.4 is 14.9 Å². The van der Waals surface area contributed by atoms with Gasteiger partial charge in [0.25, 0.3) is 5.91 Å². The molecule has 2 N–H and O–H groups in total. The van der Waals surface area contributed by atoms with Crippen LogP contribution >= 0.6 is 22.9 Å². The predicted molar refractivity (Wildman–Crippen MR) is 145 cm³/mol. The Kier molecular flexibility index (Phi) is 9.09. The van der Waals surface area contributed by atoms with E-state index in [4.69, 9.17) is 16.3 Å². The van der Waals surface area contributed by atoms with E-state index in [0.717, 1.165) is 11.3 Å². The highest BCUT2D eigenvalue weighted by Crippen LogP contribution is 2.31. The first kappa shape index (κ1) is 28.5. The normalized spacial score (nSPS) is 19.0. The van der Waals surface area contributed by atoms with Crippen LogP contribution in [0.3, 0.4) is 0 Å². The van der Waals surface area contributed by atoms with E-state index in [2.05, 4.69) is 10.0 Å². The zero-order valence-electron chi connectivity index (χ0n) is 21.2. The summed E-state index contributed by atoms with van der Waals surface area (Å²) in [5.41, 5.74) is 1.06. The second kappa shape index (κ2) is 12.1. The third-order valence-corrected chi connectivity index (χ3v) is 9.41.